The molecule has 32 heavy (non-hydrogen) atoms. The van der Waals surface area contributed by atoms with Crippen molar-refractivity contribution in [1.29, 1.82) is 0 Å². The van der Waals surface area contributed by atoms with E-state index in [-0.39, 0.29) is 34.8 Å². The fraction of sp³-hybridized carbons (Fsp3) is 0.167. The van der Waals surface area contributed by atoms with Crippen molar-refractivity contribution in [2.45, 2.75) is 19.5 Å². The molecule has 1 aliphatic rings. The molecular weight excluding hydrogens is 434 g/mol. The van der Waals surface area contributed by atoms with Crippen molar-refractivity contribution in [1.82, 2.24) is 4.90 Å². The summed E-state index contributed by atoms with van der Waals surface area (Å²) in [5.41, 5.74) is 1.49. The Morgan fingerprint density at radius 1 is 1.19 bits per heavy atom. The van der Waals surface area contributed by atoms with Crippen LogP contribution in [0.1, 0.15) is 39.0 Å². The average Bonchev–Trinajstić information content (AvgIpc) is 3.38. The predicted molar refractivity (Wildman–Crippen MR) is 117 cm³/mol. The zero-order valence-corrected chi connectivity index (χ0v) is 18.0. The number of carbonyl (C=O) groups is 1. The number of amides is 1. The molecule has 0 radical (unpaired) electrons. The van der Waals surface area contributed by atoms with E-state index in [9.17, 15) is 14.7 Å². The number of carbonyl (C=O) groups excluding carboxylic acids is 1. The van der Waals surface area contributed by atoms with E-state index < -0.39 is 11.9 Å². The molecule has 0 saturated carbocycles. The Balaban J connectivity index is 1.77. The van der Waals surface area contributed by atoms with Gasteiger partial charge in [-0.1, -0.05) is 17.7 Å². The first-order valence-electron chi connectivity index (χ1n) is 9.86. The van der Waals surface area contributed by atoms with Crippen LogP contribution in [-0.2, 0) is 6.54 Å². The van der Waals surface area contributed by atoms with Crippen molar-refractivity contribution in [2.24, 2.45) is 0 Å². The number of ether oxygens (including phenoxy) is 1. The lowest BCUT2D eigenvalue weighted by Crippen LogP contribution is -2.29. The van der Waals surface area contributed by atoms with Crippen LogP contribution in [0.4, 0.5) is 0 Å². The van der Waals surface area contributed by atoms with Crippen molar-refractivity contribution >= 4 is 28.5 Å². The van der Waals surface area contributed by atoms with Gasteiger partial charge >= 0.3 is 0 Å². The number of hydrogen-bond donors (Lipinski definition) is 1. The summed E-state index contributed by atoms with van der Waals surface area (Å²) in [7, 11) is 1.43. The third-order valence-corrected chi connectivity index (χ3v) is 6.08. The van der Waals surface area contributed by atoms with Gasteiger partial charge in [-0.15, -0.1) is 0 Å². The van der Waals surface area contributed by atoms with Crippen molar-refractivity contribution in [3.8, 4) is 11.5 Å². The summed E-state index contributed by atoms with van der Waals surface area (Å²) < 4.78 is 16.6. The molecule has 0 saturated heterocycles. The van der Waals surface area contributed by atoms with Crippen LogP contribution in [0.25, 0.3) is 11.0 Å². The summed E-state index contributed by atoms with van der Waals surface area (Å²) in [5.74, 6) is 0.280. The number of phenols is 1. The number of aryl methyl sites for hydroxylation is 1. The highest BCUT2D eigenvalue weighted by Crippen LogP contribution is 2.41. The van der Waals surface area contributed by atoms with Gasteiger partial charge in [0.2, 0.25) is 5.76 Å². The van der Waals surface area contributed by atoms with Crippen LogP contribution in [0.2, 0.25) is 5.02 Å². The minimum atomic E-state index is -0.766. The Labute approximate surface area is 187 Å². The summed E-state index contributed by atoms with van der Waals surface area (Å²) >= 11 is 6.26. The van der Waals surface area contributed by atoms with Gasteiger partial charge in [0.05, 0.1) is 36.9 Å². The number of furan rings is 1. The van der Waals surface area contributed by atoms with Crippen LogP contribution in [0.5, 0.6) is 11.5 Å². The number of hydrogen-bond acceptors (Lipinski definition) is 6. The number of aromatic hydroxyl groups is 1. The highest BCUT2D eigenvalue weighted by Gasteiger charge is 2.43. The Bertz CT molecular complexity index is 1420. The molecule has 8 heteroatoms. The molecule has 3 heterocycles. The number of fused-ring (bicyclic) bond motifs is 2. The molecule has 162 valence electrons. The van der Waals surface area contributed by atoms with Crippen LogP contribution in [0.3, 0.4) is 0 Å². The molecule has 0 fully saturated rings. The largest absolute Gasteiger partial charge is 0.504 e. The van der Waals surface area contributed by atoms with Crippen molar-refractivity contribution < 1.29 is 23.5 Å². The van der Waals surface area contributed by atoms with E-state index in [1.807, 2.05) is 0 Å². The van der Waals surface area contributed by atoms with Crippen LogP contribution in [-0.4, -0.2) is 23.0 Å². The van der Waals surface area contributed by atoms with Crippen LogP contribution < -0.4 is 10.2 Å². The summed E-state index contributed by atoms with van der Waals surface area (Å²) in [6, 6.07) is 10.6. The minimum absolute atomic E-state index is 0.0205. The highest BCUT2D eigenvalue weighted by atomic mass is 35.5. The molecule has 1 aliphatic heterocycles. The highest BCUT2D eigenvalue weighted by molar-refractivity contribution is 6.32. The molecule has 0 bridgehead atoms. The molecule has 1 N–H and O–H groups in total. The standard InChI is InChI=1S/C24H18ClNO6/c1-12-8-18-15(10-16(12)25)22(28)20-21(13-5-6-17(27)19(9-13)30-2)26(24(29)23(20)32-18)11-14-4-3-7-31-14/h3-10,21,27H,11H2,1-2H3/t21-/m0/s1. The van der Waals surface area contributed by atoms with Gasteiger partial charge in [0, 0.05) is 5.02 Å². The second kappa shape index (κ2) is 7.46. The van der Waals surface area contributed by atoms with E-state index in [4.69, 9.17) is 25.2 Å². The van der Waals surface area contributed by atoms with Gasteiger partial charge in [0.15, 0.2) is 16.9 Å². The molecule has 1 atom stereocenters. The van der Waals surface area contributed by atoms with Gasteiger partial charge in [-0.25, -0.2) is 0 Å². The molecule has 5 rings (SSSR count). The summed E-state index contributed by atoms with van der Waals surface area (Å²) in [5, 5.41) is 10.8. The van der Waals surface area contributed by atoms with E-state index >= 15 is 0 Å². The van der Waals surface area contributed by atoms with E-state index in [0.29, 0.717) is 27.3 Å². The first-order chi connectivity index (χ1) is 15.4. The predicted octanol–water partition coefficient (Wildman–Crippen LogP) is 4.81. The maximum absolute atomic E-state index is 13.6. The van der Waals surface area contributed by atoms with Gasteiger partial charge in [-0.2, -0.15) is 0 Å². The fourth-order valence-electron chi connectivity index (χ4n) is 4.09. The quantitative estimate of drug-likeness (QED) is 0.478. The molecule has 2 aromatic carbocycles. The van der Waals surface area contributed by atoms with E-state index in [2.05, 4.69) is 0 Å². The molecule has 7 nitrogen and oxygen atoms in total. The Kier molecular flexibility index (Phi) is 4.71. The van der Waals surface area contributed by atoms with Crippen molar-refractivity contribution in [3.63, 3.8) is 0 Å². The number of nitrogens with zero attached hydrogens (tertiary/aromatic N) is 1. The van der Waals surface area contributed by atoms with Gasteiger partial charge in [-0.3, -0.25) is 9.59 Å². The zero-order valence-electron chi connectivity index (χ0n) is 17.2. The number of benzene rings is 2. The monoisotopic (exact) mass is 451 g/mol. The molecule has 4 aromatic rings. The smallest absolute Gasteiger partial charge is 0.291 e. The summed E-state index contributed by atoms with van der Waals surface area (Å²) in [6.45, 7) is 1.92. The lowest BCUT2D eigenvalue weighted by molar-refractivity contribution is 0.0701. The number of methoxy groups -OCH3 is 1. The van der Waals surface area contributed by atoms with Crippen LogP contribution >= 0.6 is 11.6 Å². The summed E-state index contributed by atoms with van der Waals surface area (Å²) in [6.07, 6.45) is 1.52. The van der Waals surface area contributed by atoms with E-state index in [1.165, 1.54) is 24.3 Å². The van der Waals surface area contributed by atoms with E-state index in [1.54, 1.807) is 43.3 Å². The number of rotatable bonds is 4. The topological polar surface area (TPSA) is 93.1 Å². The van der Waals surface area contributed by atoms with Crippen molar-refractivity contribution in [2.75, 3.05) is 7.11 Å². The maximum Gasteiger partial charge on any atom is 0.291 e. The second-order valence-corrected chi connectivity index (χ2v) is 8.02. The van der Waals surface area contributed by atoms with Crippen molar-refractivity contribution in [3.05, 3.63) is 92.2 Å². The van der Waals surface area contributed by atoms with Crippen LogP contribution in [0.15, 0.2) is 62.4 Å². The van der Waals surface area contributed by atoms with E-state index in [0.717, 1.165) is 5.56 Å². The normalized spacial score (nSPS) is 15.4. The molecule has 0 aliphatic carbocycles. The Hall–Kier alpha value is -3.71. The zero-order chi connectivity index (χ0) is 22.6. The third-order valence-electron chi connectivity index (χ3n) is 5.67. The Morgan fingerprint density at radius 3 is 2.72 bits per heavy atom. The van der Waals surface area contributed by atoms with Gasteiger partial charge in [-0.05, 0) is 54.4 Å². The fourth-order valence-corrected chi connectivity index (χ4v) is 4.25. The van der Waals surface area contributed by atoms with Crippen LogP contribution in [0, 0.1) is 6.92 Å². The first-order valence-corrected chi connectivity index (χ1v) is 10.2. The number of phenolic OH excluding ortho intramolecular Hbond substituents is 1. The van der Waals surface area contributed by atoms with Gasteiger partial charge in [0.25, 0.3) is 5.91 Å². The SMILES string of the molecule is COc1cc([C@H]2c3c(oc4cc(C)c(Cl)cc4c3=O)C(=O)N2Cc2ccco2)ccc1O. The first kappa shape index (κ1) is 20.2. The summed E-state index contributed by atoms with van der Waals surface area (Å²) in [4.78, 5) is 28.5. The molecule has 2 aromatic heterocycles. The van der Waals surface area contributed by atoms with Gasteiger partial charge in [0.1, 0.15) is 11.3 Å². The minimum Gasteiger partial charge on any atom is -0.504 e. The molecule has 0 unspecified atom stereocenters. The van der Waals surface area contributed by atoms with Gasteiger partial charge < -0.3 is 23.6 Å². The lowest BCUT2D eigenvalue weighted by Gasteiger charge is -2.24. The number of halogens is 1. The third kappa shape index (κ3) is 3.05. The molecule has 0 spiro atoms. The average molecular weight is 452 g/mol. The second-order valence-electron chi connectivity index (χ2n) is 7.62. The molecular formula is C24H18ClNO6. The molecule has 1 amide bonds. The Morgan fingerprint density at radius 2 is 2.00 bits per heavy atom. The maximum atomic E-state index is 13.6. The lowest BCUT2D eigenvalue weighted by atomic mass is 9.97.